The number of nitrogens with one attached hydrogen (secondary N) is 1. The van der Waals surface area contributed by atoms with Gasteiger partial charge in [0.1, 0.15) is 0 Å². The number of aromatic nitrogens is 2. The lowest BCUT2D eigenvalue weighted by molar-refractivity contribution is -0.150. The number of likely N-dealkylation sites (tertiary alicyclic amines) is 1. The third-order valence-corrected chi connectivity index (χ3v) is 6.12. The summed E-state index contributed by atoms with van der Waals surface area (Å²) in [6.45, 7) is 8.87. The number of hydrogen-bond donors (Lipinski definition) is 1. The largest absolute Gasteiger partial charge is 0.466 e. The van der Waals surface area contributed by atoms with Crippen LogP contribution in [0.15, 0.2) is 24.3 Å². The molecule has 1 atom stereocenters. The topological polar surface area (TPSA) is 59.4 Å². The minimum atomic E-state index is -0.0960. The molecule has 1 aromatic carbocycles. The summed E-state index contributed by atoms with van der Waals surface area (Å²) in [6.07, 6.45) is 1.87. The molecule has 0 bridgehead atoms. The summed E-state index contributed by atoms with van der Waals surface area (Å²) < 4.78 is 7.73. The monoisotopic (exact) mass is 420 g/mol. The van der Waals surface area contributed by atoms with Crippen LogP contribution < -0.4 is 5.32 Å². The van der Waals surface area contributed by atoms with Gasteiger partial charge in [-0.2, -0.15) is 0 Å². The van der Waals surface area contributed by atoms with Gasteiger partial charge >= 0.3 is 5.97 Å². The predicted octanol–water partition coefficient (Wildman–Crippen LogP) is 4.77. The highest BCUT2D eigenvalue weighted by atomic mass is 32.1. The molecule has 8 heteroatoms. The van der Waals surface area contributed by atoms with E-state index in [1.165, 1.54) is 16.9 Å². The lowest BCUT2D eigenvalue weighted by Gasteiger charge is -2.31. The fourth-order valence-electron chi connectivity index (χ4n) is 3.35. The van der Waals surface area contributed by atoms with Crippen molar-refractivity contribution < 1.29 is 9.53 Å². The molecule has 0 aliphatic carbocycles. The van der Waals surface area contributed by atoms with Gasteiger partial charge in [0.05, 0.1) is 19.2 Å². The van der Waals surface area contributed by atoms with Gasteiger partial charge in [-0.25, -0.2) is 4.68 Å². The Bertz CT molecular complexity index is 845. The van der Waals surface area contributed by atoms with Crippen molar-refractivity contribution in [2.45, 2.75) is 46.2 Å². The number of nitrogens with zero attached hydrogens (tertiary/aromatic N) is 3. The van der Waals surface area contributed by atoms with Crippen LogP contribution in [0.2, 0.25) is 0 Å². The van der Waals surface area contributed by atoms with E-state index in [4.69, 9.17) is 17.0 Å². The first-order chi connectivity index (χ1) is 13.5. The zero-order valence-electron chi connectivity index (χ0n) is 16.7. The average molecular weight is 421 g/mol. The molecule has 1 N–H and O–H groups in total. The molecular formula is C20H28N4O2S2. The second-order valence-corrected chi connectivity index (χ2v) is 9.01. The number of rotatable bonds is 7. The second kappa shape index (κ2) is 9.62. The maximum atomic E-state index is 12.0. The van der Waals surface area contributed by atoms with Crippen molar-refractivity contribution in [1.82, 2.24) is 14.7 Å². The molecular weight excluding hydrogens is 392 g/mol. The Morgan fingerprint density at radius 3 is 2.82 bits per heavy atom. The van der Waals surface area contributed by atoms with Crippen LogP contribution in [-0.2, 0) is 16.2 Å². The van der Waals surface area contributed by atoms with Gasteiger partial charge in [-0.05, 0) is 62.1 Å². The highest BCUT2D eigenvalue weighted by Crippen LogP contribution is 2.24. The molecule has 0 saturated carbocycles. The van der Waals surface area contributed by atoms with E-state index in [1.54, 1.807) is 0 Å². The van der Waals surface area contributed by atoms with Crippen LogP contribution in [0.25, 0.3) is 0 Å². The van der Waals surface area contributed by atoms with Crippen LogP contribution in [0.4, 0.5) is 10.8 Å². The van der Waals surface area contributed by atoms with Crippen LogP contribution in [-0.4, -0.2) is 40.3 Å². The van der Waals surface area contributed by atoms with Gasteiger partial charge in [0, 0.05) is 12.2 Å². The van der Waals surface area contributed by atoms with Gasteiger partial charge in [-0.3, -0.25) is 9.69 Å². The third kappa shape index (κ3) is 5.40. The first kappa shape index (κ1) is 21.0. The number of hydrogen-bond acceptors (Lipinski definition) is 7. The maximum absolute atomic E-state index is 12.0. The number of carbonyl (C=O) groups is 1. The van der Waals surface area contributed by atoms with Gasteiger partial charge in [0.15, 0.2) is 3.95 Å². The molecule has 1 aliphatic rings. The number of carbonyl (C=O) groups excluding carboxylic acids is 1. The predicted molar refractivity (Wildman–Crippen MR) is 116 cm³/mol. The number of esters is 1. The van der Waals surface area contributed by atoms with Gasteiger partial charge < -0.3 is 10.1 Å². The summed E-state index contributed by atoms with van der Waals surface area (Å²) in [5.74, 6) is 0.359. The van der Waals surface area contributed by atoms with Crippen molar-refractivity contribution in [2.24, 2.45) is 5.92 Å². The summed E-state index contributed by atoms with van der Waals surface area (Å²) in [6, 6.07) is 8.40. The molecule has 0 unspecified atom stereocenters. The van der Waals surface area contributed by atoms with E-state index in [1.807, 2.05) is 11.6 Å². The third-order valence-electron chi connectivity index (χ3n) is 4.89. The first-order valence-electron chi connectivity index (χ1n) is 9.80. The van der Waals surface area contributed by atoms with Crippen LogP contribution in [0.1, 0.15) is 45.1 Å². The van der Waals surface area contributed by atoms with Gasteiger partial charge in [-0.1, -0.05) is 37.3 Å². The summed E-state index contributed by atoms with van der Waals surface area (Å²) >= 11 is 6.96. The lowest BCUT2D eigenvalue weighted by atomic mass is 9.99. The Hall–Kier alpha value is -1.77. The molecule has 1 aliphatic heterocycles. The number of anilines is 2. The van der Waals surface area contributed by atoms with E-state index in [9.17, 15) is 4.79 Å². The van der Waals surface area contributed by atoms with E-state index in [0.29, 0.717) is 25.7 Å². The Balaban J connectivity index is 1.62. The molecule has 28 heavy (non-hydrogen) atoms. The van der Waals surface area contributed by atoms with E-state index < -0.39 is 0 Å². The molecule has 0 spiro atoms. The van der Waals surface area contributed by atoms with Crippen LogP contribution in [0, 0.1) is 9.87 Å². The second-order valence-electron chi connectivity index (χ2n) is 7.38. The Kier molecular flexibility index (Phi) is 7.20. The molecule has 152 valence electrons. The summed E-state index contributed by atoms with van der Waals surface area (Å²) in [5, 5.41) is 8.74. The zero-order chi connectivity index (χ0) is 20.1. The smallest absolute Gasteiger partial charge is 0.310 e. The Labute approximate surface area is 175 Å². The van der Waals surface area contributed by atoms with Crippen molar-refractivity contribution >= 4 is 40.3 Å². The quantitative estimate of drug-likeness (QED) is 0.514. The van der Waals surface area contributed by atoms with Crippen LogP contribution >= 0.6 is 23.6 Å². The average Bonchev–Trinajstić information content (AvgIpc) is 3.01. The van der Waals surface area contributed by atoms with E-state index in [0.717, 1.165) is 34.2 Å². The number of piperidine rings is 1. The summed E-state index contributed by atoms with van der Waals surface area (Å²) in [5.41, 5.74) is 2.31. The zero-order valence-corrected chi connectivity index (χ0v) is 18.3. The van der Waals surface area contributed by atoms with E-state index >= 15 is 0 Å². The molecule has 1 saturated heterocycles. The van der Waals surface area contributed by atoms with E-state index in [2.05, 4.69) is 53.4 Å². The fraction of sp³-hybridized carbons (Fsp3) is 0.550. The summed E-state index contributed by atoms with van der Waals surface area (Å²) in [4.78, 5) is 14.3. The van der Waals surface area contributed by atoms with Crippen molar-refractivity contribution in [2.75, 3.05) is 25.0 Å². The molecule has 6 nitrogen and oxygen atoms in total. The molecule has 3 rings (SSSR count). The Morgan fingerprint density at radius 2 is 2.14 bits per heavy atom. The normalized spacial score (nSPS) is 17.6. The molecule has 0 radical (unpaired) electrons. The van der Waals surface area contributed by atoms with Crippen LogP contribution in [0.5, 0.6) is 0 Å². The van der Waals surface area contributed by atoms with Crippen molar-refractivity contribution in [3.05, 3.63) is 33.8 Å². The molecule has 2 heterocycles. The number of benzene rings is 1. The molecule has 1 aromatic heterocycles. The van der Waals surface area contributed by atoms with Gasteiger partial charge in [0.2, 0.25) is 5.13 Å². The van der Waals surface area contributed by atoms with Crippen LogP contribution in [0.3, 0.4) is 0 Å². The molecule has 2 aromatic rings. The van der Waals surface area contributed by atoms with Gasteiger partial charge in [0.25, 0.3) is 0 Å². The maximum Gasteiger partial charge on any atom is 0.310 e. The highest BCUT2D eigenvalue weighted by Gasteiger charge is 2.27. The highest BCUT2D eigenvalue weighted by molar-refractivity contribution is 7.73. The first-order valence-corrected chi connectivity index (χ1v) is 11.0. The standard InChI is InChI=1S/C20H28N4O2S2/c1-4-26-18(25)16-6-5-11-23(12-16)13-24-20(27)28-19(22-24)21-17-9-7-15(8-10-17)14(2)3/h7-10,14,16H,4-6,11-13H2,1-3H3,(H,21,22)/t16-/m1/s1. The molecule has 0 amide bonds. The van der Waals surface area contributed by atoms with Gasteiger partial charge in [-0.15, -0.1) is 5.10 Å². The van der Waals surface area contributed by atoms with Crippen molar-refractivity contribution in [3.63, 3.8) is 0 Å². The van der Waals surface area contributed by atoms with Crippen molar-refractivity contribution in [3.8, 4) is 0 Å². The fourth-order valence-corrected chi connectivity index (χ4v) is 4.36. The number of ether oxygens (including phenoxy) is 1. The minimum absolute atomic E-state index is 0.0569. The summed E-state index contributed by atoms with van der Waals surface area (Å²) in [7, 11) is 0. The van der Waals surface area contributed by atoms with E-state index in [-0.39, 0.29) is 11.9 Å². The lowest BCUT2D eigenvalue weighted by Crippen LogP contribution is -2.40. The molecule has 1 fully saturated rings. The SMILES string of the molecule is CCOC(=O)[C@@H]1CCCN(Cn2nc(Nc3ccc(C(C)C)cc3)sc2=S)C1. The van der Waals surface area contributed by atoms with Crippen molar-refractivity contribution in [1.29, 1.82) is 0 Å². The Morgan fingerprint density at radius 1 is 1.39 bits per heavy atom. The minimum Gasteiger partial charge on any atom is -0.466 e.